The number of nitrogens with one attached hydrogen (secondary N) is 1. The van der Waals surface area contributed by atoms with Crippen molar-refractivity contribution in [1.29, 1.82) is 0 Å². The van der Waals surface area contributed by atoms with Gasteiger partial charge in [0.15, 0.2) is 17.7 Å². The molecule has 0 saturated carbocycles. The number of carbonyl (C=O) groups is 1. The van der Waals surface area contributed by atoms with Crippen molar-refractivity contribution in [2.45, 2.75) is 37.8 Å². The molecule has 0 saturated heterocycles. The summed E-state index contributed by atoms with van der Waals surface area (Å²) in [5.74, 6) is -3.64. The molecule has 0 aliphatic carbocycles. The quantitative estimate of drug-likeness (QED) is 0.607. The summed E-state index contributed by atoms with van der Waals surface area (Å²) >= 11 is 5.88. The van der Waals surface area contributed by atoms with E-state index in [0.29, 0.717) is 11.6 Å². The third-order valence-electron chi connectivity index (χ3n) is 4.88. The minimum Gasteiger partial charge on any atom is -0.452 e. The molecule has 0 bridgehead atoms. The summed E-state index contributed by atoms with van der Waals surface area (Å²) < 4.78 is 78.3. The first-order valence-corrected chi connectivity index (χ1v) is 9.75. The number of carbonyl (C=O) groups excluding carboxylic acids is 1. The summed E-state index contributed by atoms with van der Waals surface area (Å²) in [6.07, 6.45) is -6.84. The van der Waals surface area contributed by atoms with Gasteiger partial charge < -0.3 is 20.5 Å². The van der Waals surface area contributed by atoms with E-state index in [4.69, 9.17) is 22.1 Å². The number of methoxy groups -OCH3 is 1. The SMILES string of the molecule is COCc1cc(Cl)cnc1C(=O)Nc1cc(F)c(F)c(C2(C)CC(C(F)(F)F)OC(N)=N2)c1. The van der Waals surface area contributed by atoms with Gasteiger partial charge in [0, 0.05) is 42.6 Å². The van der Waals surface area contributed by atoms with Crippen LogP contribution in [-0.4, -0.2) is 36.3 Å². The Labute approximate surface area is 189 Å². The van der Waals surface area contributed by atoms with Gasteiger partial charge in [-0.05, 0) is 19.1 Å². The Morgan fingerprint density at radius 1 is 1.36 bits per heavy atom. The van der Waals surface area contributed by atoms with Crippen molar-refractivity contribution in [1.82, 2.24) is 4.98 Å². The minimum atomic E-state index is -4.82. The van der Waals surface area contributed by atoms with Gasteiger partial charge in [-0.25, -0.2) is 18.8 Å². The number of ether oxygens (including phenoxy) is 2. The van der Waals surface area contributed by atoms with Crippen molar-refractivity contribution in [2.24, 2.45) is 10.7 Å². The molecule has 2 atom stereocenters. The molecule has 2 unspecified atom stereocenters. The molecule has 13 heteroatoms. The lowest BCUT2D eigenvalue weighted by Crippen LogP contribution is -2.46. The summed E-state index contributed by atoms with van der Waals surface area (Å²) in [5, 5.41) is 2.60. The van der Waals surface area contributed by atoms with Crippen LogP contribution in [0.4, 0.5) is 27.6 Å². The maximum absolute atomic E-state index is 14.7. The summed E-state index contributed by atoms with van der Waals surface area (Å²) in [6, 6.07) is 2.29. The maximum Gasteiger partial charge on any atom is 0.425 e. The van der Waals surface area contributed by atoms with Crippen molar-refractivity contribution >= 4 is 29.2 Å². The van der Waals surface area contributed by atoms with Crippen LogP contribution in [0.1, 0.15) is 35.0 Å². The molecule has 2 aromatic rings. The van der Waals surface area contributed by atoms with Crippen molar-refractivity contribution < 1.29 is 36.2 Å². The molecular formula is C20H18ClF5N4O3. The fraction of sp³-hybridized carbons (Fsp3) is 0.350. The largest absolute Gasteiger partial charge is 0.452 e. The number of hydrogen-bond donors (Lipinski definition) is 2. The summed E-state index contributed by atoms with van der Waals surface area (Å²) in [4.78, 5) is 20.4. The number of halogens is 6. The molecule has 1 amide bonds. The lowest BCUT2D eigenvalue weighted by Gasteiger charge is -2.36. The number of nitrogens with two attached hydrogens (primary N) is 1. The van der Waals surface area contributed by atoms with E-state index in [9.17, 15) is 26.7 Å². The molecule has 33 heavy (non-hydrogen) atoms. The molecule has 0 radical (unpaired) electrons. The van der Waals surface area contributed by atoms with Crippen molar-refractivity contribution in [3.8, 4) is 0 Å². The van der Waals surface area contributed by atoms with Crippen molar-refractivity contribution in [3.05, 3.63) is 57.9 Å². The van der Waals surface area contributed by atoms with Gasteiger partial charge in [0.2, 0.25) is 0 Å². The van der Waals surface area contributed by atoms with E-state index >= 15 is 0 Å². The van der Waals surface area contributed by atoms with Crippen LogP contribution < -0.4 is 11.1 Å². The van der Waals surface area contributed by atoms with E-state index in [1.54, 1.807) is 0 Å². The molecule has 0 spiro atoms. The molecule has 3 rings (SSSR count). The molecule has 1 aliphatic heterocycles. The molecule has 0 fully saturated rings. The predicted molar refractivity (Wildman–Crippen MR) is 109 cm³/mol. The Kier molecular flexibility index (Phi) is 6.80. The summed E-state index contributed by atoms with van der Waals surface area (Å²) in [6.45, 7) is 1.15. The molecule has 1 aliphatic rings. The van der Waals surface area contributed by atoms with Gasteiger partial charge in [-0.1, -0.05) is 11.6 Å². The Balaban J connectivity index is 1.99. The van der Waals surface area contributed by atoms with Crippen LogP contribution in [0.25, 0.3) is 0 Å². The van der Waals surface area contributed by atoms with E-state index in [1.165, 1.54) is 19.4 Å². The van der Waals surface area contributed by atoms with E-state index in [2.05, 4.69) is 20.0 Å². The van der Waals surface area contributed by atoms with Gasteiger partial charge in [0.1, 0.15) is 5.69 Å². The zero-order valence-corrected chi connectivity index (χ0v) is 18.0. The Morgan fingerprint density at radius 2 is 2.06 bits per heavy atom. The average molecular weight is 493 g/mol. The molecule has 3 N–H and O–H groups in total. The second kappa shape index (κ2) is 9.10. The number of alkyl halides is 3. The first kappa shape index (κ1) is 24.6. The number of rotatable bonds is 5. The smallest absolute Gasteiger partial charge is 0.425 e. The normalized spacial score (nSPS) is 20.7. The monoisotopic (exact) mass is 492 g/mol. The maximum atomic E-state index is 14.7. The molecule has 7 nitrogen and oxygen atoms in total. The molecule has 1 aromatic heterocycles. The number of pyridine rings is 1. The first-order valence-electron chi connectivity index (χ1n) is 9.37. The minimum absolute atomic E-state index is 0.00969. The number of aromatic nitrogens is 1. The van der Waals surface area contributed by atoms with Crippen LogP contribution in [0.5, 0.6) is 0 Å². The number of aliphatic imine (C=N–C) groups is 1. The summed E-state index contributed by atoms with van der Waals surface area (Å²) in [5.41, 5.74) is 2.92. The standard InChI is InChI=1S/C20H18ClF5N4O3/c1-19(6-14(20(24,25)26)33-18(27)30-19)12-4-11(5-13(22)15(12)23)29-17(31)16-9(8-32-2)3-10(21)7-28-16/h3-5,7,14H,6,8H2,1-2H3,(H2,27,30)(H,29,31). The predicted octanol–water partition coefficient (Wildman–Crippen LogP) is 4.29. The highest BCUT2D eigenvalue weighted by atomic mass is 35.5. The number of nitrogens with zero attached hydrogens (tertiary/aromatic N) is 2. The van der Waals surface area contributed by atoms with Crippen LogP contribution >= 0.6 is 11.6 Å². The van der Waals surface area contributed by atoms with Crippen LogP contribution in [0, 0.1) is 11.6 Å². The van der Waals surface area contributed by atoms with Crippen molar-refractivity contribution in [3.63, 3.8) is 0 Å². The number of anilines is 1. The topological polar surface area (TPSA) is 98.8 Å². The third-order valence-corrected chi connectivity index (χ3v) is 5.09. The molecular weight excluding hydrogens is 475 g/mol. The third kappa shape index (κ3) is 5.33. The van der Waals surface area contributed by atoms with Crippen LogP contribution in [0.2, 0.25) is 5.02 Å². The van der Waals surface area contributed by atoms with Crippen LogP contribution in [0.3, 0.4) is 0 Å². The number of benzene rings is 1. The highest BCUT2D eigenvalue weighted by molar-refractivity contribution is 6.30. The molecule has 1 aromatic carbocycles. The fourth-order valence-electron chi connectivity index (χ4n) is 3.41. The van der Waals surface area contributed by atoms with Crippen molar-refractivity contribution in [2.75, 3.05) is 12.4 Å². The van der Waals surface area contributed by atoms with Gasteiger partial charge in [0.05, 0.1) is 17.2 Å². The lowest BCUT2D eigenvalue weighted by molar-refractivity contribution is -0.208. The van der Waals surface area contributed by atoms with Gasteiger partial charge >= 0.3 is 6.18 Å². The second-order valence-corrected chi connectivity index (χ2v) is 7.88. The number of amidine groups is 1. The van der Waals surface area contributed by atoms with E-state index in [1.807, 2.05) is 0 Å². The highest BCUT2D eigenvalue weighted by Crippen LogP contribution is 2.41. The van der Waals surface area contributed by atoms with Crippen LogP contribution in [0.15, 0.2) is 29.4 Å². The summed E-state index contributed by atoms with van der Waals surface area (Å²) in [7, 11) is 1.39. The number of amides is 1. The molecule has 2 heterocycles. The Hall–Kier alpha value is -2.99. The zero-order valence-electron chi connectivity index (χ0n) is 17.3. The van der Waals surface area contributed by atoms with Gasteiger partial charge in [-0.15, -0.1) is 0 Å². The number of hydrogen-bond acceptors (Lipinski definition) is 6. The van der Waals surface area contributed by atoms with E-state index < -0.39 is 53.4 Å². The first-order chi connectivity index (χ1) is 15.3. The molecule has 178 valence electrons. The lowest BCUT2D eigenvalue weighted by atomic mass is 9.85. The Morgan fingerprint density at radius 3 is 2.70 bits per heavy atom. The fourth-order valence-corrected chi connectivity index (χ4v) is 3.59. The second-order valence-electron chi connectivity index (χ2n) is 7.44. The van der Waals surface area contributed by atoms with Gasteiger partial charge in [-0.2, -0.15) is 13.2 Å². The average Bonchev–Trinajstić information content (AvgIpc) is 2.69. The highest BCUT2D eigenvalue weighted by Gasteiger charge is 2.50. The van der Waals surface area contributed by atoms with Crippen LogP contribution in [-0.2, 0) is 21.6 Å². The van der Waals surface area contributed by atoms with Gasteiger partial charge in [0.25, 0.3) is 11.9 Å². The van der Waals surface area contributed by atoms with E-state index in [0.717, 1.165) is 13.0 Å². The van der Waals surface area contributed by atoms with Gasteiger partial charge in [-0.3, -0.25) is 4.79 Å². The van der Waals surface area contributed by atoms with E-state index in [-0.39, 0.29) is 23.0 Å². The zero-order chi connectivity index (χ0) is 24.6. The Bertz CT molecular complexity index is 1110.